The van der Waals surface area contributed by atoms with E-state index in [0.717, 1.165) is 24.3 Å². The van der Waals surface area contributed by atoms with Gasteiger partial charge < -0.3 is 10.0 Å². The van der Waals surface area contributed by atoms with Crippen molar-refractivity contribution in [2.45, 2.75) is 19.3 Å². The Labute approximate surface area is 101 Å². The summed E-state index contributed by atoms with van der Waals surface area (Å²) in [5, 5.41) is 8.82. The standard InChI is InChI=1S/C12H15NO2.ClH/c14-12(15)9-10-5-1-2-6-11(10)13-7-3-4-8-13;/h1-2,5-6H,3-4,7-9H2,(H,14,15);1H. The zero-order chi connectivity index (χ0) is 10.7. The Morgan fingerprint density at radius 3 is 2.50 bits per heavy atom. The maximum Gasteiger partial charge on any atom is 0.307 e. The number of carbonyl (C=O) groups is 1. The summed E-state index contributed by atoms with van der Waals surface area (Å²) >= 11 is 0. The van der Waals surface area contributed by atoms with Crippen LogP contribution in [0.5, 0.6) is 0 Å². The SMILES string of the molecule is Cl.O=C(O)Cc1ccccc1N1CCCC1. The van der Waals surface area contributed by atoms with E-state index in [9.17, 15) is 4.79 Å². The topological polar surface area (TPSA) is 40.5 Å². The molecule has 0 amide bonds. The van der Waals surface area contributed by atoms with Crippen molar-refractivity contribution in [2.24, 2.45) is 0 Å². The number of hydrogen-bond acceptors (Lipinski definition) is 2. The zero-order valence-corrected chi connectivity index (χ0v) is 9.87. The molecule has 0 aliphatic carbocycles. The summed E-state index contributed by atoms with van der Waals surface area (Å²) in [5.74, 6) is -0.762. The number of anilines is 1. The Balaban J connectivity index is 0.00000128. The molecule has 1 fully saturated rings. The monoisotopic (exact) mass is 241 g/mol. The van der Waals surface area contributed by atoms with Gasteiger partial charge in [0.1, 0.15) is 0 Å². The highest BCUT2D eigenvalue weighted by Gasteiger charge is 2.16. The van der Waals surface area contributed by atoms with E-state index in [-0.39, 0.29) is 18.8 Å². The molecular formula is C12H16ClNO2. The highest BCUT2D eigenvalue weighted by Crippen LogP contribution is 2.24. The number of aliphatic carboxylic acids is 1. The minimum atomic E-state index is -0.762. The summed E-state index contributed by atoms with van der Waals surface area (Å²) in [6.07, 6.45) is 2.54. The Morgan fingerprint density at radius 2 is 1.88 bits per heavy atom. The second kappa shape index (κ2) is 5.75. The van der Waals surface area contributed by atoms with Gasteiger partial charge in [-0.3, -0.25) is 4.79 Å². The average Bonchev–Trinajstić information content (AvgIpc) is 2.70. The summed E-state index contributed by atoms with van der Waals surface area (Å²) in [7, 11) is 0. The van der Waals surface area contributed by atoms with Crippen LogP contribution in [-0.4, -0.2) is 24.2 Å². The van der Waals surface area contributed by atoms with Crippen molar-refractivity contribution in [3.8, 4) is 0 Å². The van der Waals surface area contributed by atoms with Crippen molar-refractivity contribution in [1.29, 1.82) is 0 Å². The molecule has 0 atom stereocenters. The molecule has 1 aromatic rings. The molecule has 1 aliphatic heterocycles. The van der Waals surface area contributed by atoms with Gasteiger partial charge in [0.25, 0.3) is 0 Å². The van der Waals surface area contributed by atoms with Gasteiger partial charge in [-0.15, -0.1) is 12.4 Å². The van der Waals surface area contributed by atoms with Crippen LogP contribution in [0.4, 0.5) is 5.69 Å². The van der Waals surface area contributed by atoms with Crippen LogP contribution in [0.3, 0.4) is 0 Å². The van der Waals surface area contributed by atoms with E-state index >= 15 is 0 Å². The number of nitrogens with zero attached hydrogens (tertiary/aromatic N) is 1. The highest BCUT2D eigenvalue weighted by molar-refractivity contribution is 5.85. The first-order chi connectivity index (χ1) is 7.27. The normalized spacial score (nSPS) is 14.6. The van der Waals surface area contributed by atoms with Crippen molar-refractivity contribution < 1.29 is 9.90 Å². The quantitative estimate of drug-likeness (QED) is 0.883. The van der Waals surface area contributed by atoms with Crippen LogP contribution in [0.15, 0.2) is 24.3 Å². The van der Waals surface area contributed by atoms with Gasteiger partial charge >= 0.3 is 5.97 Å². The summed E-state index contributed by atoms with van der Waals surface area (Å²) in [6, 6.07) is 7.79. The number of carboxylic acid groups (broad SMARTS) is 1. The van der Waals surface area contributed by atoms with Crippen LogP contribution in [0.2, 0.25) is 0 Å². The van der Waals surface area contributed by atoms with Gasteiger partial charge in [0.15, 0.2) is 0 Å². The lowest BCUT2D eigenvalue weighted by Gasteiger charge is -2.20. The Kier molecular flexibility index (Phi) is 4.62. The summed E-state index contributed by atoms with van der Waals surface area (Å²) in [5.41, 5.74) is 2.02. The Hall–Kier alpha value is -1.22. The molecule has 1 saturated heterocycles. The first-order valence-corrected chi connectivity index (χ1v) is 5.32. The van der Waals surface area contributed by atoms with Crippen LogP contribution < -0.4 is 4.90 Å². The summed E-state index contributed by atoms with van der Waals surface area (Å²) < 4.78 is 0. The number of para-hydroxylation sites is 1. The van der Waals surface area contributed by atoms with Gasteiger partial charge in [0.05, 0.1) is 6.42 Å². The molecule has 4 heteroatoms. The number of hydrogen-bond donors (Lipinski definition) is 1. The molecule has 1 aromatic carbocycles. The smallest absolute Gasteiger partial charge is 0.307 e. The number of rotatable bonds is 3. The Morgan fingerprint density at radius 1 is 1.25 bits per heavy atom. The molecule has 0 radical (unpaired) electrons. The third kappa shape index (κ3) is 2.89. The van der Waals surface area contributed by atoms with Crippen LogP contribution in [0.1, 0.15) is 18.4 Å². The van der Waals surface area contributed by atoms with Crippen LogP contribution in [0.25, 0.3) is 0 Å². The van der Waals surface area contributed by atoms with Gasteiger partial charge in [0, 0.05) is 18.8 Å². The van der Waals surface area contributed by atoms with Crippen molar-refractivity contribution in [3.05, 3.63) is 29.8 Å². The fraction of sp³-hybridized carbons (Fsp3) is 0.417. The Bertz CT molecular complexity index is 362. The van der Waals surface area contributed by atoms with Crippen molar-refractivity contribution in [3.63, 3.8) is 0 Å². The predicted molar refractivity (Wildman–Crippen MR) is 66.5 cm³/mol. The third-order valence-electron chi connectivity index (χ3n) is 2.78. The summed E-state index contributed by atoms with van der Waals surface area (Å²) in [6.45, 7) is 2.10. The lowest BCUT2D eigenvalue weighted by atomic mass is 10.1. The molecule has 0 spiro atoms. The van der Waals surface area contributed by atoms with Crippen molar-refractivity contribution >= 4 is 24.1 Å². The van der Waals surface area contributed by atoms with Crippen LogP contribution in [0, 0.1) is 0 Å². The zero-order valence-electron chi connectivity index (χ0n) is 9.06. The first-order valence-electron chi connectivity index (χ1n) is 5.32. The van der Waals surface area contributed by atoms with Crippen molar-refractivity contribution in [1.82, 2.24) is 0 Å². The molecule has 0 unspecified atom stereocenters. The molecule has 88 valence electrons. The van der Waals surface area contributed by atoms with E-state index in [1.54, 1.807) is 0 Å². The molecule has 16 heavy (non-hydrogen) atoms. The second-order valence-electron chi connectivity index (χ2n) is 3.89. The van der Waals surface area contributed by atoms with E-state index in [0.29, 0.717) is 0 Å². The first kappa shape index (κ1) is 12.8. The predicted octanol–water partition coefficient (Wildman–Crippen LogP) is 2.34. The minimum Gasteiger partial charge on any atom is -0.481 e. The van der Waals surface area contributed by atoms with E-state index in [1.807, 2.05) is 24.3 Å². The number of benzene rings is 1. The number of carboxylic acids is 1. The van der Waals surface area contributed by atoms with Crippen LogP contribution in [-0.2, 0) is 11.2 Å². The second-order valence-corrected chi connectivity index (χ2v) is 3.89. The fourth-order valence-electron chi connectivity index (χ4n) is 2.09. The fourth-order valence-corrected chi connectivity index (χ4v) is 2.09. The maximum atomic E-state index is 10.7. The van der Waals surface area contributed by atoms with E-state index in [4.69, 9.17) is 5.11 Å². The van der Waals surface area contributed by atoms with Crippen LogP contribution >= 0.6 is 12.4 Å². The average molecular weight is 242 g/mol. The summed E-state index contributed by atoms with van der Waals surface area (Å²) in [4.78, 5) is 13.0. The lowest BCUT2D eigenvalue weighted by Crippen LogP contribution is -2.19. The van der Waals surface area contributed by atoms with Gasteiger partial charge in [-0.05, 0) is 24.5 Å². The minimum absolute atomic E-state index is 0. The highest BCUT2D eigenvalue weighted by atomic mass is 35.5. The van der Waals surface area contributed by atoms with Crippen molar-refractivity contribution in [2.75, 3.05) is 18.0 Å². The van der Waals surface area contributed by atoms with Gasteiger partial charge in [-0.2, -0.15) is 0 Å². The number of halogens is 1. The van der Waals surface area contributed by atoms with E-state index < -0.39 is 5.97 Å². The lowest BCUT2D eigenvalue weighted by molar-refractivity contribution is -0.136. The third-order valence-corrected chi connectivity index (χ3v) is 2.78. The maximum absolute atomic E-state index is 10.7. The van der Waals surface area contributed by atoms with Gasteiger partial charge in [0.2, 0.25) is 0 Å². The molecule has 0 bridgehead atoms. The molecule has 0 aromatic heterocycles. The van der Waals surface area contributed by atoms with E-state index in [1.165, 1.54) is 12.8 Å². The molecular weight excluding hydrogens is 226 g/mol. The molecule has 2 rings (SSSR count). The molecule has 3 nitrogen and oxygen atoms in total. The molecule has 1 aliphatic rings. The molecule has 1 heterocycles. The molecule has 1 N–H and O–H groups in total. The molecule has 0 saturated carbocycles. The largest absolute Gasteiger partial charge is 0.481 e. The van der Waals surface area contributed by atoms with Gasteiger partial charge in [-0.1, -0.05) is 18.2 Å². The van der Waals surface area contributed by atoms with E-state index in [2.05, 4.69) is 4.90 Å². The van der Waals surface area contributed by atoms with Gasteiger partial charge in [-0.25, -0.2) is 0 Å².